The van der Waals surface area contributed by atoms with Crippen LogP contribution in [0.2, 0.25) is 0 Å². The predicted octanol–water partition coefficient (Wildman–Crippen LogP) is 4.32. The van der Waals surface area contributed by atoms with E-state index in [0.29, 0.717) is 28.8 Å². The van der Waals surface area contributed by atoms with E-state index in [1.165, 1.54) is 4.57 Å². The number of alkyl halides is 3. The number of hydrogen-bond acceptors (Lipinski definition) is 4. The molecule has 0 aliphatic heterocycles. The minimum absolute atomic E-state index is 0.226. The highest BCUT2D eigenvalue weighted by atomic mass is 19.4. The first-order valence-corrected chi connectivity index (χ1v) is 9.62. The molecule has 1 aromatic carbocycles. The number of anilines is 1. The number of benzene rings is 1. The van der Waals surface area contributed by atoms with Crippen LogP contribution < -0.4 is 11.1 Å². The molecule has 31 heavy (non-hydrogen) atoms. The van der Waals surface area contributed by atoms with Crippen LogP contribution in [0, 0.1) is 23.2 Å². The van der Waals surface area contributed by atoms with Crippen LogP contribution in [0.15, 0.2) is 42.6 Å². The fourth-order valence-corrected chi connectivity index (χ4v) is 3.11. The average Bonchev–Trinajstić information content (AvgIpc) is 3.06. The maximum atomic E-state index is 13.1. The van der Waals surface area contributed by atoms with Crippen LogP contribution in [-0.2, 0) is 18.5 Å². The monoisotopic (exact) mass is 425 g/mol. The fourth-order valence-electron chi connectivity index (χ4n) is 3.11. The first-order chi connectivity index (χ1) is 14.6. The summed E-state index contributed by atoms with van der Waals surface area (Å²) in [4.78, 5) is 4.29. The number of nitrogens with zero attached hydrogens (tertiary/aromatic N) is 3. The van der Waals surface area contributed by atoms with Crippen molar-refractivity contribution in [2.75, 3.05) is 11.9 Å². The summed E-state index contributed by atoms with van der Waals surface area (Å²) in [6, 6.07) is 12.5. The summed E-state index contributed by atoms with van der Waals surface area (Å²) < 4.78 is 40.5. The zero-order chi connectivity index (χ0) is 22.6. The Morgan fingerprint density at radius 2 is 1.94 bits per heavy atom. The predicted molar refractivity (Wildman–Crippen MR) is 114 cm³/mol. The average molecular weight is 425 g/mol. The molecule has 0 unspecified atom stereocenters. The quantitative estimate of drug-likeness (QED) is 0.597. The fraction of sp³-hybridized carbons (Fsp3) is 0.304. The molecular weight excluding hydrogens is 403 g/mol. The Labute approximate surface area is 178 Å². The second-order valence-corrected chi connectivity index (χ2v) is 7.65. The number of halogens is 3. The van der Waals surface area contributed by atoms with Crippen LogP contribution in [0.4, 0.5) is 18.9 Å². The van der Waals surface area contributed by atoms with Crippen molar-refractivity contribution in [3.05, 3.63) is 59.5 Å². The van der Waals surface area contributed by atoms with Crippen molar-refractivity contribution in [3.8, 4) is 17.9 Å². The Morgan fingerprint density at radius 3 is 2.55 bits per heavy atom. The third-order valence-corrected chi connectivity index (χ3v) is 4.82. The highest BCUT2D eigenvalue weighted by molar-refractivity contribution is 5.83. The van der Waals surface area contributed by atoms with Gasteiger partial charge in [0.15, 0.2) is 0 Å². The first kappa shape index (κ1) is 22.2. The topological polar surface area (TPSA) is 79.7 Å². The van der Waals surface area contributed by atoms with E-state index in [0.717, 1.165) is 5.56 Å². The van der Waals surface area contributed by atoms with Gasteiger partial charge >= 0.3 is 6.18 Å². The minimum Gasteiger partial charge on any atom is -0.373 e. The maximum Gasteiger partial charge on any atom is 0.406 e. The van der Waals surface area contributed by atoms with Crippen LogP contribution in [0.3, 0.4) is 0 Å². The summed E-state index contributed by atoms with van der Waals surface area (Å²) in [6.45, 7) is 2.98. The molecule has 0 spiro atoms. The molecule has 5 nitrogen and oxygen atoms in total. The maximum absolute atomic E-state index is 13.1. The van der Waals surface area contributed by atoms with Gasteiger partial charge in [-0.25, -0.2) is 0 Å². The molecule has 0 amide bonds. The van der Waals surface area contributed by atoms with Crippen LogP contribution in [-0.4, -0.2) is 22.3 Å². The molecule has 3 aromatic rings. The second kappa shape index (κ2) is 8.71. The first-order valence-electron chi connectivity index (χ1n) is 9.62. The third-order valence-electron chi connectivity index (χ3n) is 4.82. The van der Waals surface area contributed by atoms with Crippen molar-refractivity contribution < 1.29 is 13.2 Å². The largest absolute Gasteiger partial charge is 0.406 e. The molecule has 0 fully saturated rings. The van der Waals surface area contributed by atoms with E-state index >= 15 is 0 Å². The van der Waals surface area contributed by atoms with Crippen molar-refractivity contribution in [3.63, 3.8) is 0 Å². The van der Waals surface area contributed by atoms with Gasteiger partial charge in [0, 0.05) is 17.4 Å². The summed E-state index contributed by atoms with van der Waals surface area (Å²) >= 11 is 0. The number of hydrogen-bond donors (Lipinski definition) is 2. The van der Waals surface area contributed by atoms with Gasteiger partial charge in [0.1, 0.15) is 6.54 Å². The summed E-state index contributed by atoms with van der Waals surface area (Å²) in [5.41, 5.74) is 7.90. The highest BCUT2D eigenvalue weighted by Gasteiger charge is 2.29. The van der Waals surface area contributed by atoms with E-state index in [4.69, 9.17) is 5.73 Å². The molecule has 2 aromatic heterocycles. The van der Waals surface area contributed by atoms with Crippen molar-refractivity contribution >= 4 is 16.6 Å². The molecule has 2 heterocycles. The number of aromatic nitrogens is 2. The van der Waals surface area contributed by atoms with E-state index in [1.807, 2.05) is 0 Å². The normalized spacial score (nSPS) is 11.6. The Hall–Kier alpha value is -3.49. The summed E-state index contributed by atoms with van der Waals surface area (Å²) in [5, 5.41) is 12.9. The molecule has 8 heteroatoms. The van der Waals surface area contributed by atoms with Crippen molar-refractivity contribution in [2.24, 2.45) is 5.73 Å². The lowest BCUT2D eigenvalue weighted by atomic mass is 9.91. The smallest absolute Gasteiger partial charge is 0.373 e. The lowest BCUT2D eigenvalue weighted by Crippen LogP contribution is -2.18. The van der Waals surface area contributed by atoms with Gasteiger partial charge in [0.05, 0.1) is 41.3 Å². The number of rotatable bonds is 5. The van der Waals surface area contributed by atoms with Crippen LogP contribution >= 0.6 is 0 Å². The van der Waals surface area contributed by atoms with Gasteiger partial charge in [-0.05, 0) is 55.7 Å². The molecular formula is C23H22F3N5. The Balaban J connectivity index is 1.79. The SMILES string of the molecule is CC(C)(C#N)c1ccc(NCC#Cc2cc3cc(CN)ccc3n2CC(F)(F)F)cn1. The Morgan fingerprint density at radius 1 is 1.16 bits per heavy atom. The van der Waals surface area contributed by atoms with Gasteiger partial charge in [-0.15, -0.1) is 0 Å². The Bertz CT molecular complexity index is 1170. The second-order valence-electron chi connectivity index (χ2n) is 7.65. The molecule has 3 rings (SSSR count). The van der Waals surface area contributed by atoms with Gasteiger partial charge in [0.2, 0.25) is 0 Å². The summed E-state index contributed by atoms with van der Waals surface area (Å²) in [6.07, 6.45) is -2.76. The van der Waals surface area contributed by atoms with E-state index in [1.54, 1.807) is 56.4 Å². The highest BCUT2D eigenvalue weighted by Crippen LogP contribution is 2.26. The van der Waals surface area contributed by atoms with E-state index in [2.05, 4.69) is 28.2 Å². The van der Waals surface area contributed by atoms with Gasteiger partial charge in [-0.2, -0.15) is 18.4 Å². The van der Waals surface area contributed by atoms with Crippen LogP contribution in [0.1, 0.15) is 30.8 Å². The number of nitriles is 1. The van der Waals surface area contributed by atoms with Gasteiger partial charge in [-0.1, -0.05) is 12.0 Å². The van der Waals surface area contributed by atoms with E-state index in [9.17, 15) is 18.4 Å². The van der Waals surface area contributed by atoms with E-state index < -0.39 is 18.1 Å². The van der Waals surface area contributed by atoms with E-state index in [-0.39, 0.29) is 12.2 Å². The Kier molecular flexibility index (Phi) is 6.24. The molecule has 0 aliphatic carbocycles. The van der Waals surface area contributed by atoms with Crippen molar-refractivity contribution in [1.82, 2.24) is 9.55 Å². The standard InChI is InChI=1S/C23H22F3N5/c1-22(2,14-28)21-8-6-18(13-30-21)29-9-3-4-19-11-17-10-16(12-27)5-7-20(17)31(19)15-23(24,25)26/h5-8,10-11,13,29H,9,12,15,27H2,1-2H3. The molecule has 160 valence electrons. The van der Waals surface area contributed by atoms with Crippen LogP contribution in [0.5, 0.6) is 0 Å². The lowest BCUT2D eigenvalue weighted by molar-refractivity contribution is -0.140. The molecule has 0 saturated carbocycles. The third kappa shape index (κ3) is 5.36. The zero-order valence-electron chi connectivity index (χ0n) is 17.2. The van der Waals surface area contributed by atoms with Crippen LogP contribution in [0.25, 0.3) is 10.9 Å². The van der Waals surface area contributed by atoms with Crippen molar-refractivity contribution in [1.29, 1.82) is 5.26 Å². The lowest BCUT2D eigenvalue weighted by Gasteiger charge is -2.14. The molecule has 0 bridgehead atoms. The number of nitrogens with two attached hydrogens (primary N) is 1. The molecule has 3 N–H and O–H groups in total. The molecule has 0 aliphatic rings. The molecule has 0 atom stereocenters. The number of pyridine rings is 1. The number of fused-ring (bicyclic) bond motifs is 1. The molecule has 0 saturated heterocycles. The number of nitrogens with one attached hydrogen (secondary N) is 1. The van der Waals surface area contributed by atoms with Gasteiger partial charge in [-0.3, -0.25) is 4.98 Å². The van der Waals surface area contributed by atoms with Crippen molar-refractivity contribution in [2.45, 2.75) is 38.5 Å². The zero-order valence-corrected chi connectivity index (χ0v) is 17.2. The summed E-state index contributed by atoms with van der Waals surface area (Å²) in [5.74, 6) is 5.70. The minimum atomic E-state index is -4.36. The molecule has 0 radical (unpaired) electrons. The van der Waals surface area contributed by atoms with Gasteiger partial charge in [0.25, 0.3) is 0 Å². The van der Waals surface area contributed by atoms with Gasteiger partial charge < -0.3 is 15.6 Å². The summed E-state index contributed by atoms with van der Waals surface area (Å²) in [7, 11) is 0.